The lowest BCUT2D eigenvalue weighted by atomic mass is 10.0. The van der Waals surface area contributed by atoms with Gasteiger partial charge in [0.2, 0.25) is 0 Å². The lowest BCUT2D eigenvalue weighted by molar-refractivity contribution is 0.625. The van der Waals surface area contributed by atoms with Crippen LogP contribution in [0.1, 0.15) is 31.0 Å². The van der Waals surface area contributed by atoms with Gasteiger partial charge in [0.1, 0.15) is 0 Å². The summed E-state index contributed by atoms with van der Waals surface area (Å²) in [7, 11) is 0. The lowest BCUT2D eigenvalue weighted by Gasteiger charge is -2.17. The van der Waals surface area contributed by atoms with E-state index >= 15 is 0 Å². The smallest absolute Gasteiger partial charge is 0.0607 e. The van der Waals surface area contributed by atoms with Crippen LogP contribution < -0.4 is 5.32 Å². The lowest BCUT2D eigenvalue weighted by Crippen LogP contribution is -2.21. The van der Waals surface area contributed by atoms with Gasteiger partial charge in [0.15, 0.2) is 0 Å². The molecule has 2 rings (SSSR count). The molecule has 102 valence electrons. The third-order valence-electron chi connectivity index (χ3n) is 3.17. The molecule has 0 radical (unpaired) electrons. The molecule has 1 heterocycles. The third-order valence-corrected chi connectivity index (χ3v) is 3.91. The van der Waals surface area contributed by atoms with Gasteiger partial charge >= 0.3 is 0 Å². The van der Waals surface area contributed by atoms with Gasteiger partial charge in [0, 0.05) is 23.2 Å². The Hall–Kier alpha value is -1.26. The van der Waals surface area contributed by atoms with Gasteiger partial charge in [-0.3, -0.25) is 4.68 Å². The molecule has 1 aromatic heterocycles. The summed E-state index contributed by atoms with van der Waals surface area (Å²) in [5, 5.41) is 7.90. The quantitative estimate of drug-likeness (QED) is 0.820. The zero-order chi connectivity index (χ0) is 13.7. The van der Waals surface area contributed by atoms with Gasteiger partial charge < -0.3 is 5.32 Å². The molecule has 0 spiro atoms. The number of hydrogen-bond acceptors (Lipinski definition) is 3. The summed E-state index contributed by atoms with van der Waals surface area (Å²) in [5.74, 6) is 0. The van der Waals surface area contributed by atoms with E-state index in [4.69, 9.17) is 0 Å². The summed E-state index contributed by atoms with van der Waals surface area (Å²) < 4.78 is 1.97. The van der Waals surface area contributed by atoms with Crippen molar-refractivity contribution in [2.45, 2.75) is 31.3 Å². The molecule has 3 nitrogen and oxygen atoms in total. The number of aromatic nitrogens is 2. The summed E-state index contributed by atoms with van der Waals surface area (Å²) in [6.45, 7) is 6.08. The molecule has 0 amide bonds. The molecule has 0 aliphatic rings. The second-order valence-electron chi connectivity index (χ2n) is 4.39. The first-order valence-electron chi connectivity index (χ1n) is 6.68. The number of benzene rings is 1. The van der Waals surface area contributed by atoms with Crippen molar-refractivity contribution >= 4 is 11.8 Å². The summed E-state index contributed by atoms with van der Waals surface area (Å²) >= 11 is 1.77. The monoisotopic (exact) mass is 275 g/mol. The van der Waals surface area contributed by atoms with Gasteiger partial charge in [-0.05, 0) is 37.4 Å². The van der Waals surface area contributed by atoms with Crippen LogP contribution in [0, 0.1) is 0 Å². The molecule has 19 heavy (non-hydrogen) atoms. The highest BCUT2D eigenvalue weighted by atomic mass is 32.2. The predicted molar refractivity (Wildman–Crippen MR) is 81.6 cm³/mol. The van der Waals surface area contributed by atoms with Crippen LogP contribution in [0.15, 0.2) is 41.6 Å². The van der Waals surface area contributed by atoms with E-state index in [1.165, 1.54) is 16.0 Å². The van der Waals surface area contributed by atoms with E-state index in [1.54, 1.807) is 11.8 Å². The topological polar surface area (TPSA) is 29.9 Å². The maximum Gasteiger partial charge on any atom is 0.0607 e. The van der Waals surface area contributed by atoms with Crippen molar-refractivity contribution in [3.63, 3.8) is 0 Å². The summed E-state index contributed by atoms with van der Waals surface area (Å²) in [6, 6.07) is 8.97. The second kappa shape index (κ2) is 6.78. The van der Waals surface area contributed by atoms with Crippen molar-refractivity contribution in [1.82, 2.24) is 15.1 Å². The second-order valence-corrected chi connectivity index (χ2v) is 5.27. The fourth-order valence-electron chi connectivity index (χ4n) is 2.13. The van der Waals surface area contributed by atoms with Crippen molar-refractivity contribution < 1.29 is 0 Å². The van der Waals surface area contributed by atoms with Crippen LogP contribution in [0.25, 0.3) is 0 Å². The molecule has 1 aromatic carbocycles. The number of aryl methyl sites for hydroxylation is 1. The highest BCUT2D eigenvalue weighted by molar-refractivity contribution is 7.98. The van der Waals surface area contributed by atoms with E-state index in [-0.39, 0.29) is 6.04 Å². The highest BCUT2D eigenvalue weighted by Crippen LogP contribution is 2.24. The van der Waals surface area contributed by atoms with Crippen molar-refractivity contribution in [3.8, 4) is 0 Å². The molecule has 1 atom stereocenters. The van der Waals surface area contributed by atoms with Crippen LogP contribution in [0.5, 0.6) is 0 Å². The Morgan fingerprint density at radius 2 is 1.95 bits per heavy atom. The summed E-state index contributed by atoms with van der Waals surface area (Å²) in [6.07, 6.45) is 6.18. The Morgan fingerprint density at radius 1 is 1.21 bits per heavy atom. The average Bonchev–Trinajstić information content (AvgIpc) is 2.93. The molecule has 0 fully saturated rings. The van der Waals surface area contributed by atoms with Crippen LogP contribution >= 0.6 is 11.8 Å². The third kappa shape index (κ3) is 3.39. The number of nitrogens with one attached hydrogen (secondary N) is 1. The van der Waals surface area contributed by atoms with Gasteiger partial charge in [-0.1, -0.05) is 19.1 Å². The maximum absolute atomic E-state index is 4.37. The minimum Gasteiger partial charge on any atom is -0.306 e. The predicted octanol–water partition coefficient (Wildman–Crippen LogP) is 3.32. The first-order valence-corrected chi connectivity index (χ1v) is 7.90. The van der Waals surface area contributed by atoms with E-state index in [1.807, 2.05) is 10.9 Å². The fraction of sp³-hybridized carbons (Fsp3) is 0.400. The fourth-order valence-corrected chi connectivity index (χ4v) is 2.54. The average molecular weight is 275 g/mol. The van der Waals surface area contributed by atoms with E-state index in [0.717, 1.165) is 13.1 Å². The van der Waals surface area contributed by atoms with Gasteiger partial charge in [-0.15, -0.1) is 11.8 Å². The highest BCUT2D eigenvalue weighted by Gasteiger charge is 2.14. The van der Waals surface area contributed by atoms with Crippen molar-refractivity contribution in [3.05, 3.63) is 47.8 Å². The van der Waals surface area contributed by atoms with Crippen LogP contribution in [-0.4, -0.2) is 22.6 Å². The minimum atomic E-state index is 0.223. The Kier molecular flexibility index (Phi) is 5.05. The molecule has 2 aromatic rings. The van der Waals surface area contributed by atoms with E-state index in [2.05, 4.69) is 61.0 Å². The molecule has 0 saturated carbocycles. The molecule has 4 heteroatoms. The number of hydrogen-bond donors (Lipinski definition) is 1. The van der Waals surface area contributed by atoms with Crippen LogP contribution in [0.4, 0.5) is 0 Å². The SMILES string of the molecule is CCNC(c1ccc(SC)cc1)c1cnn(CC)c1. The standard InChI is InChI=1S/C15H21N3S/c1-4-16-15(13-10-17-18(5-2)11-13)12-6-8-14(19-3)9-7-12/h6-11,15-16H,4-5H2,1-3H3. The maximum atomic E-state index is 4.37. The van der Waals surface area contributed by atoms with Crippen LogP contribution in [-0.2, 0) is 6.54 Å². The molecule has 1 N–H and O–H groups in total. The Bertz CT molecular complexity index is 504. The van der Waals surface area contributed by atoms with Crippen molar-refractivity contribution in [2.75, 3.05) is 12.8 Å². The largest absolute Gasteiger partial charge is 0.306 e. The first-order chi connectivity index (χ1) is 9.28. The Labute approximate surface area is 119 Å². The molecule has 0 bridgehead atoms. The molecular weight excluding hydrogens is 254 g/mol. The summed E-state index contributed by atoms with van der Waals surface area (Å²) in [4.78, 5) is 1.29. The number of rotatable bonds is 6. The van der Waals surface area contributed by atoms with Gasteiger partial charge in [0.25, 0.3) is 0 Å². The number of nitrogens with zero attached hydrogens (tertiary/aromatic N) is 2. The van der Waals surface area contributed by atoms with Gasteiger partial charge in [0.05, 0.1) is 12.2 Å². The van der Waals surface area contributed by atoms with Crippen molar-refractivity contribution in [2.24, 2.45) is 0 Å². The molecule has 0 saturated heterocycles. The first kappa shape index (κ1) is 14.2. The normalized spacial score (nSPS) is 12.6. The molecular formula is C15H21N3S. The molecule has 0 aliphatic heterocycles. The minimum absolute atomic E-state index is 0.223. The number of thioether (sulfide) groups is 1. The molecule has 0 aliphatic carbocycles. The zero-order valence-corrected chi connectivity index (χ0v) is 12.6. The summed E-state index contributed by atoms with van der Waals surface area (Å²) in [5.41, 5.74) is 2.51. The Balaban J connectivity index is 2.27. The van der Waals surface area contributed by atoms with Gasteiger partial charge in [-0.25, -0.2) is 0 Å². The zero-order valence-electron chi connectivity index (χ0n) is 11.8. The van der Waals surface area contributed by atoms with E-state index < -0.39 is 0 Å². The van der Waals surface area contributed by atoms with Gasteiger partial charge in [-0.2, -0.15) is 5.10 Å². The van der Waals surface area contributed by atoms with E-state index in [9.17, 15) is 0 Å². The van der Waals surface area contributed by atoms with E-state index in [0.29, 0.717) is 0 Å². The van der Waals surface area contributed by atoms with Crippen LogP contribution in [0.2, 0.25) is 0 Å². The Morgan fingerprint density at radius 3 is 2.47 bits per heavy atom. The van der Waals surface area contributed by atoms with Crippen LogP contribution in [0.3, 0.4) is 0 Å². The van der Waals surface area contributed by atoms with Crippen molar-refractivity contribution in [1.29, 1.82) is 0 Å². The molecule has 1 unspecified atom stereocenters.